The van der Waals surface area contributed by atoms with Crippen LogP contribution in [0.15, 0.2) is 18.2 Å². The zero-order valence-electron chi connectivity index (χ0n) is 21.8. The van der Waals surface area contributed by atoms with Gasteiger partial charge in [0, 0.05) is 62.7 Å². The van der Waals surface area contributed by atoms with Gasteiger partial charge in [-0.15, -0.1) is 0 Å². The van der Waals surface area contributed by atoms with Crippen molar-refractivity contribution in [3.05, 3.63) is 34.9 Å². The van der Waals surface area contributed by atoms with Gasteiger partial charge in [-0.1, -0.05) is 24.3 Å². The number of hydrogen-bond donors (Lipinski definition) is 2. The average molecular weight is 506 g/mol. The Morgan fingerprint density at radius 2 is 1.76 bits per heavy atom. The Balaban J connectivity index is 1.03. The van der Waals surface area contributed by atoms with Crippen LogP contribution in [0.4, 0.5) is 0 Å². The fraction of sp³-hybridized carbons (Fsp3) is 0.621. The molecule has 3 saturated heterocycles. The lowest BCUT2D eigenvalue weighted by molar-refractivity contribution is -0.136. The van der Waals surface area contributed by atoms with Crippen LogP contribution in [0.1, 0.15) is 72.9 Å². The maximum absolute atomic E-state index is 13.0. The van der Waals surface area contributed by atoms with Crippen molar-refractivity contribution >= 4 is 17.7 Å². The smallest absolute Gasteiger partial charge is 0.255 e. The van der Waals surface area contributed by atoms with Gasteiger partial charge in [-0.25, -0.2) is 0 Å². The number of unbranched alkanes of at least 4 members (excludes halogenated alkanes) is 3. The van der Waals surface area contributed by atoms with Crippen LogP contribution in [0.3, 0.4) is 0 Å². The van der Waals surface area contributed by atoms with Crippen molar-refractivity contribution in [2.75, 3.05) is 45.8 Å². The normalized spacial score (nSPS) is 23.5. The van der Waals surface area contributed by atoms with Gasteiger partial charge >= 0.3 is 0 Å². The van der Waals surface area contributed by atoms with E-state index in [0.29, 0.717) is 18.5 Å². The molecule has 198 valence electrons. The molecule has 0 bridgehead atoms. The van der Waals surface area contributed by atoms with Gasteiger partial charge in [0.05, 0.1) is 0 Å². The van der Waals surface area contributed by atoms with Gasteiger partial charge in [-0.3, -0.25) is 24.6 Å². The standard InChI is InChI=1S/C29H39N5O3/c35-27-11-10-26(28(36)31-27)34-21-25-22(8-6-9-24(25)29(34)37)7-4-2-1-3-5-16-32-17-19-33(20-18-32)23-12-14-30-15-13-23/h6,8-9,23,26,30H,1-3,5,10-21H2,(H,31,35,36). The summed E-state index contributed by atoms with van der Waals surface area (Å²) in [5.74, 6) is 5.79. The number of piperazine rings is 1. The fourth-order valence-electron chi connectivity index (χ4n) is 6.11. The second kappa shape index (κ2) is 12.2. The fourth-order valence-corrected chi connectivity index (χ4v) is 6.11. The first-order valence-electron chi connectivity index (χ1n) is 14.0. The molecule has 8 nitrogen and oxygen atoms in total. The van der Waals surface area contributed by atoms with Gasteiger partial charge in [-0.2, -0.15) is 0 Å². The number of benzene rings is 1. The third-order valence-corrected chi connectivity index (χ3v) is 8.31. The van der Waals surface area contributed by atoms with Crippen molar-refractivity contribution in [3.8, 4) is 11.8 Å². The number of amides is 3. The lowest BCUT2D eigenvalue weighted by Gasteiger charge is -2.40. The summed E-state index contributed by atoms with van der Waals surface area (Å²) in [5, 5.41) is 5.82. The van der Waals surface area contributed by atoms with Gasteiger partial charge in [0.15, 0.2) is 0 Å². The number of carbonyl (C=O) groups excluding carboxylic acids is 3. The van der Waals surface area contributed by atoms with Gasteiger partial charge in [0.2, 0.25) is 11.8 Å². The number of fused-ring (bicyclic) bond motifs is 1. The molecule has 37 heavy (non-hydrogen) atoms. The molecule has 0 radical (unpaired) electrons. The summed E-state index contributed by atoms with van der Waals surface area (Å²) in [5.41, 5.74) is 2.39. The molecule has 8 heteroatoms. The molecule has 4 aliphatic rings. The molecule has 3 fully saturated rings. The number of nitrogens with zero attached hydrogens (tertiary/aromatic N) is 3. The van der Waals surface area contributed by atoms with Crippen molar-refractivity contribution in [2.24, 2.45) is 0 Å². The summed E-state index contributed by atoms with van der Waals surface area (Å²) in [6, 6.07) is 5.81. The van der Waals surface area contributed by atoms with E-state index in [2.05, 4.69) is 32.3 Å². The van der Waals surface area contributed by atoms with Crippen LogP contribution in [-0.2, 0) is 16.1 Å². The minimum absolute atomic E-state index is 0.148. The number of rotatable bonds is 7. The molecule has 5 rings (SSSR count). The molecule has 0 aromatic heterocycles. The second-order valence-electron chi connectivity index (χ2n) is 10.7. The predicted molar refractivity (Wildman–Crippen MR) is 142 cm³/mol. The molecule has 0 saturated carbocycles. The maximum Gasteiger partial charge on any atom is 0.255 e. The molecular weight excluding hydrogens is 466 g/mol. The molecule has 4 heterocycles. The molecule has 0 aliphatic carbocycles. The highest BCUT2D eigenvalue weighted by molar-refractivity contribution is 6.05. The van der Waals surface area contributed by atoms with Crippen LogP contribution in [-0.4, -0.2) is 90.3 Å². The second-order valence-corrected chi connectivity index (χ2v) is 10.7. The number of carbonyl (C=O) groups is 3. The Hall–Kier alpha value is -2.73. The summed E-state index contributed by atoms with van der Waals surface area (Å²) >= 11 is 0. The summed E-state index contributed by atoms with van der Waals surface area (Å²) in [4.78, 5) is 43.6. The van der Waals surface area contributed by atoms with Gasteiger partial charge in [0.25, 0.3) is 5.91 Å². The van der Waals surface area contributed by atoms with E-state index in [1.165, 1.54) is 71.5 Å². The van der Waals surface area contributed by atoms with E-state index >= 15 is 0 Å². The van der Waals surface area contributed by atoms with E-state index in [9.17, 15) is 14.4 Å². The van der Waals surface area contributed by atoms with E-state index in [1.54, 1.807) is 11.0 Å². The van der Waals surface area contributed by atoms with E-state index in [-0.39, 0.29) is 24.1 Å². The Labute approximate surface area is 220 Å². The third-order valence-electron chi connectivity index (χ3n) is 8.31. The van der Waals surface area contributed by atoms with E-state index < -0.39 is 6.04 Å². The first-order valence-corrected chi connectivity index (χ1v) is 14.0. The Kier molecular flexibility index (Phi) is 8.55. The lowest BCUT2D eigenvalue weighted by atomic mass is 10.0. The van der Waals surface area contributed by atoms with Crippen LogP contribution in [0, 0.1) is 11.8 Å². The molecule has 2 N–H and O–H groups in total. The molecule has 4 aliphatic heterocycles. The topological polar surface area (TPSA) is 85.0 Å². The first kappa shape index (κ1) is 25.9. The number of hydrogen-bond acceptors (Lipinski definition) is 6. The van der Waals surface area contributed by atoms with Crippen LogP contribution in [0.25, 0.3) is 0 Å². The highest BCUT2D eigenvalue weighted by atomic mass is 16.2. The summed E-state index contributed by atoms with van der Waals surface area (Å²) in [6.45, 7) is 8.68. The summed E-state index contributed by atoms with van der Waals surface area (Å²) in [6.07, 6.45) is 7.54. The molecule has 1 aromatic carbocycles. The first-order chi connectivity index (χ1) is 18.1. The van der Waals surface area contributed by atoms with Crippen LogP contribution in [0.5, 0.6) is 0 Å². The molecule has 1 unspecified atom stereocenters. The van der Waals surface area contributed by atoms with E-state index in [1.807, 2.05) is 12.1 Å². The third kappa shape index (κ3) is 6.23. The maximum atomic E-state index is 13.0. The Bertz CT molecular complexity index is 1060. The van der Waals surface area contributed by atoms with E-state index in [4.69, 9.17) is 0 Å². The lowest BCUT2D eigenvalue weighted by Crippen LogP contribution is -2.52. The Morgan fingerprint density at radius 3 is 2.54 bits per heavy atom. The van der Waals surface area contributed by atoms with E-state index in [0.717, 1.165) is 30.0 Å². The van der Waals surface area contributed by atoms with Gasteiger partial charge in [-0.05, 0) is 69.4 Å². The average Bonchev–Trinajstić information content (AvgIpc) is 3.26. The van der Waals surface area contributed by atoms with Crippen molar-refractivity contribution in [2.45, 2.75) is 70.0 Å². The summed E-state index contributed by atoms with van der Waals surface area (Å²) < 4.78 is 0. The SMILES string of the molecule is O=C1CCC(N2Cc3c(C#CCCCCCN4CCN(C5CCNCC5)CC4)cccc3C2=O)C(=O)N1. The molecule has 3 amide bonds. The highest BCUT2D eigenvalue weighted by Crippen LogP contribution is 2.29. The number of nitrogens with one attached hydrogen (secondary N) is 2. The zero-order chi connectivity index (χ0) is 25.6. The minimum Gasteiger partial charge on any atom is -0.322 e. The predicted octanol–water partition coefficient (Wildman–Crippen LogP) is 1.73. The summed E-state index contributed by atoms with van der Waals surface area (Å²) in [7, 11) is 0. The monoisotopic (exact) mass is 505 g/mol. The van der Waals surface area contributed by atoms with Gasteiger partial charge in [0.1, 0.15) is 6.04 Å². The van der Waals surface area contributed by atoms with Crippen molar-refractivity contribution < 1.29 is 14.4 Å². The van der Waals surface area contributed by atoms with Crippen molar-refractivity contribution in [1.82, 2.24) is 25.3 Å². The minimum atomic E-state index is -0.592. The van der Waals surface area contributed by atoms with Crippen molar-refractivity contribution in [3.63, 3.8) is 0 Å². The molecule has 0 spiro atoms. The molecular formula is C29H39N5O3. The largest absolute Gasteiger partial charge is 0.322 e. The van der Waals surface area contributed by atoms with Crippen molar-refractivity contribution in [1.29, 1.82) is 0 Å². The number of imide groups is 1. The Morgan fingerprint density at radius 1 is 0.946 bits per heavy atom. The quantitative estimate of drug-likeness (QED) is 0.334. The zero-order valence-corrected chi connectivity index (χ0v) is 21.8. The van der Waals surface area contributed by atoms with Gasteiger partial charge < -0.3 is 15.1 Å². The molecule has 1 atom stereocenters. The van der Waals surface area contributed by atoms with Crippen LogP contribution in [0.2, 0.25) is 0 Å². The van der Waals surface area contributed by atoms with Crippen LogP contribution < -0.4 is 10.6 Å². The molecule has 1 aromatic rings. The highest BCUT2D eigenvalue weighted by Gasteiger charge is 2.39. The van der Waals surface area contributed by atoms with Crippen LogP contribution >= 0.6 is 0 Å². The number of piperidine rings is 2.